The first kappa shape index (κ1) is 8.94. The second-order valence-electron chi connectivity index (χ2n) is 2.02. The Morgan fingerprint density at radius 3 is 2.50 bits per heavy atom. The molecule has 4 heteroatoms. The Hall–Kier alpha value is -1.06. The average Bonchev–Trinajstić information content (AvgIpc) is 1.85. The highest BCUT2D eigenvalue weighted by molar-refractivity contribution is 5.84. The third kappa shape index (κ3) is 5.08. The molecule has 0 saturated heterocycles. The Kier molecular flexibility index (Phi) is 4.28. The molecule has 0 rings (SSSR count). The fraction of sp³-hybridized carbons (Fsp3) is 0.667. The average molecular weight is 143 g/mol. The first-order valence-corrected chi connectivity index (χ1v) is 3.24. The van der Waals surface area contributed by atoms with Gasteiger partial charge in [0, 0.05) is 6.42 Å². The standard InChI is InChI=1S/C6H13N3O/c1-2-3-5(7)9-4-6(8)10/h2-4H2,1H3,(H2,7,9)(H2,8,10). The molecule has 0 radical (unpaired) electrons. The fourth-order valence-corrected chi connectivity index (χ4v) is 0.515. The number of amides is 1. The summed E-state index contributed by atoms with van der Waals surface area (Å²) < 4.78 is 0. The minimum atomic E-state index is -0.445. The van der Waals surface area contributed by atoms with E-state index in [1.807, 2.05) is 6.92 Å². The summed E-state index contributed by atoms with van der Waals surface area (Å²) in [7, 11) is 0. The third-order valence-electron chi connectivity index (χ3n) is 0.944. The summed E-state index contributed by atoms with van der Waals surface area (Å²) in [4.78, 5) is 13.9. The van der Waals surface area contributed by atoms with Gasteiger partial charge in [0.2, 0.25) is 5.91 Å². The first-order valence-electron chi connectivity index (χ1n) is 3.24. The van der Waals surface area contributed by atoms with Gasteiger partial charge in [-0.2, -0.15) is 0 Å². The van der Waals surface area contributed by atoms with E-state index < -0.39 is 5.91 Å². The monoisotopic (exact) mass is 143 g/mol. The number of carbonyl (C=O) groups is 1. The summed E-state index contributed by atoms with van der Waals surface area (Å²) in [5.41, 5.74) is 10.2. The number of hydrogen-bond acceptors (Lipinski definition) is 2. The van der Waals surface area contributed by atoms with Crippen LogP contribution in [-0.4, -0.2) is 18.3 Å². The van der Waals surface area contributed by atoms with Gasteiger partial charge >= 0.3 is 0 Å². The van der Waals surface area contributed by atoms with Gasteiger partial charge in [-0.25, -0.2) is 0 Å². The number of nitrogens with two attached hydrogens (primary N) is 2. The summed E-state index contributed by atoms with van der Waals surface area (Å²) in [5, 5.41) is 0. The molecule has 0 heterocycles. The van der Waals surface area contributed by atoms with E-state index in [0.29, 0.717) is 5.84 Å². The fourth-order valence-electron chi connectivity index (χ4n) is 0.515. The molecule has 0 bridgehead atoms. The van der Waals surface area contributed by atoms with Gasteiger partial charge in [-0.15, -0.1) is 0 Å². The van der Waals surface area contributed by atoms with Crippen molar-refractivity contribution in [3.8, 4) is 0 Å². The van der Waals surface area contributed by atoms with Crippen LogP contribution in [0.15, 0.2) is 4.99 Å². The van der Waals surface area contributed by atoms with Crippen LogP contribution in [0.25, 0.3) is 0 Å². The number of nitrogens with zero attached hydrogens (tertiary/aromatic N) is 1. The van der Waals surface area contributed by atoms with Crippen molar-refractivity contribution in [1.82, 2.24) is 0 Å². The second-order valence-corrected chi connectivity index (χ2v) is 2.02. The molecule has 0 atom stereocenters. The summed E-state index contributed by atoms with van der Waals surface area (Å²) >= 11 is 0. The lowest BCUT2D eigenvalue weighted by atomic mass is 10.3. The van der Waals surface area contributed by atoms with Crippen LogP contribution in [0.5, 0.6) is 0 Å². The highest BCUT2D eigenvalue weighted by Gasteiger charge is 1.91. The molecule has 0 aromatic rings. The van der Waals surface area contributed by atoms with Crippen LogP contribution in [0.4, 0.5) is 0 Å². The number of amidine groups is 1. The van der Waals surface area contributed by atoms with Crippen LogP contribution >= 0.6 is 0 Å². The Bertz CT molecular complexity index is 142. The molecule has 58 valence electrons. The van der Waals surface area contributed by atoms with Crippen LogP contribution in [0.1, 0.15) is 19.8 Å². The molecule has 4 nitrogen and oxygen atoms in total. The maximum Gasteiger partial charge on any atom is 0.239 e. The maximum atomic E-state index is 10.2. The van der Waals surface area contributed by atoms with Gasteiger partial charge in [-0.3, -0.25) is 9.79 Å². The number of aliphatic imine (C=N–C) groups is 1. The maximum absolute atomic E-state index is 10.2. The molecule has 0 unspecified atom stereocenters. The SMILES string of the molecule is CCCC(N)=NCC(N)=O. The normalized spacial score (nSPS) is 11.5. The van der Waals surface area contributed by atoms with Crippen molar-refractivity contribution in [2.24, 2.45) is 16.5 Å². The van der Waals surface area contributed by atoms with Crippen molar-refractivity contribution < 1.29 is 4.79 Å². The predicted octanol–water partition coefficient (Wildman–Crippen LogP) is -0.371. The van der Waals surface area contributed by atoms with E-state index >= 15 is 0 Å². The molecule has 0 aliphatic heterocycles. The van der Waals surface area contributed by atoms with Crippen molar-refractivity contribution in [3.05, 3.63) is 0 Å². The van der Waals surface area contributed by atoms with Crippen LogP contribution in [0, 0.1) is 0 Å². The van der Waals surface area contributed by atoms with Crippen LogP contribution in [-0.2, 0) is 4.79 Å². The van der Waals surface area contributed by atoms with Gasteiger partial charge in [0.15, 0.2) is 0 Å². The van der Waals surface area contributed by atoms with E-state index in [1.54, 1.807) is 0 Å². The smallest absolute Gasteiger partial charge is 0.239 e. The molecule has 0 saturated carbocycles. The van der Waals surface area contributed by atoms with E-state index in [-0.39, 0.29) is 6.54 Å². The van der Waals surface area contributed by atoms with Gasteiger partial charge < -0.3 is 11.5 Å². The van der Waals surface area contributed by atoms with Gasteiger partial charge in [-0.1, -0.05) is 6.92 Å². The molecule has 0 fully saturated rings. The zero-order valence-electron chi connectivity index (χ0n) is 6.13. The Morgan fingerprint density at radius 1 is 1.50 bits per heavy atom. The second kappa shape index (κ2) is 4.78. The van der Waals surface area contributed by atoms with Crippen molar-refractivity contribution in [2.45, 2.75) is 19.8 Å². The van der Waals surface area contributed by atoms with Gasteiger partial charge in [0.25, 0.3) is 0 Å². The zero-order chi connectivity index (χ0) is 7.98. The van der Waals surface area contributed by atoms with Gasteiger partial charge in [-0.05, 0) is 6.42 Å². The van der Waals surface area contributed by atoms with Crippen LogP contribution in [0.3, 0.4) is 0 Å². The van der Waals surface area contributed by atoms with Gasteiger partial charge in [0.1, 0.15) is 6.54 Å². The van der Waals surface area contributed by atoms with Crippen LogP contribution < -0.4 is 11.5 Å². The molecule has 0 aliphatic rings. The predicted molar refractivity (Wildman–Crippen MR) is 40.6 cm³/mol. The van der Waals surface area contributed by atoms with E-state index in [9.17, 15) is 4.79 Å². The quantitative estimate of drug-likeness (QED) is 0.416. The van der Waals surface area contributed by atoms with E-state index in [1.165, 1.54) is 0 Å². The van der Waals surface area contributed by atoms with Crippen molar-refractivity contribution in [3.63, 3.8) is 0 Å². The highest BCUT2D eigenvalue weighted by Crippen LogP contribution is 1.85. The molecule has 1 amide bonds. The lowest BCUT2D eigenvalue weighted by molar-refractivity contribution is -0.116. The minimum absolute atomic E-state index is 0.00579. The molecule has 0 aromatic heterocycles. The Labute approximate surface area is 60.3 Å². The number of carbonyl (C=O) groups excluding carboxylic acids is 1. The molecular formula is C6H13N3O. The lowest BCUT2D eigenvalue weighted by Crippen LogP contribution is -2.18. The van der Waals surface area contributed by atoms with Crippen molar-refractivity contribution in [2.75, 3.05) is 6.54 Å². The minimum Gasteiger partial charge on any atom is -0.387 e. The molecule has 0 aromatic carbocycles. The largest absolute Gasteiger partial charge is 0.387 e. The summed E-state index contributed by atoms with van der Waals surface area (Å²) in [6, 6.07) is 0. The zero-order valence-corrected chi connectivity index (χ0v) is 6.13. The van der Waals surface area contributed by atoms with E-state index in [4.69, 9.17) is 11.5 Å². The molecule has 4 N–H and O–H groups in total. The lowest BCUT2D eigenvalue weighted by Gasteiger charge is -1.94. The number of rotatable bonds is 4. The summed E-state index contributed by atoms with van der Waals surface area (Å²) in [5.74, 6) is 0.0559. The summed E-state index contributed by atoms with van der Waals surface area (Å²) in [6.07, 6.45) is 1.67. The third-order valence-corrected chi connectivity index (χ3v) is 0.944. The van der Waals surface area contributed by atoms with Crippen molar-refractivity contribution in [1.29, 1.82) is 0 Å². The van der Waals surface area contributed by atoms with Crippen molar-refractivity contribution >= 4 is 11.7 Å². The molecule has 0 spiro atoms. The Morgan fingerprint density at radius 2 is 2.10 bits per heavy atom. The van der Waals surface area contributed by atoms with Crippen LogP contribution in [0.2, 0.25) is 0 Å². The van der Waals surface area contributed by atoms with E-state index in [0.717, 1.165) is 12.8 Å². The topological polar surface area (TPSA) is 81.5 Å². The molecule has 0 aliphatic carbocycles. The summed E-state index contributed by atoms with van der Waals surface area (Å²) in [6.45, 7) is 2.00. The molecule has 10 heavy (non-hydrogen) atoms. The highest BCUT2D eigenvalue weighted by atomic mass is 16.1. The first-order chi connectivity index (χ1) is 4.66. The van der Waals surface area contributed by atoms with Gasteiger partial charge in [0.05, 0.1) is 5.84 Å². The number of hydrogen-bond donors (Lipinski definition) is 2. The Balaban J connectivity index is 3.57. The molecular weight excluding hydrogens is 130 g/mol. The van der Waals surface area contributed by atoms with E-state index in [2.05, 4.69) is 4.99 Å². The number of primary amides is 1.